The number of carbonyl (C=O) groups excluding carboxylic acids is 2. The molecule has 0 N–H and O–H groups in total. The van der Waals surface area contributed by atoms with E-state index in [1.54, 1.807) is 36.2 Å². The lowest BCUT2D eigenvalue weighted by Gasteiger charge is -2.22. The average Bonchev–Trinajstić information content (AvgIpc) is 3.05. The Kier molecular flexibility index (Phi) is 5.13. The Balaban J connectivity index is 1.47. The van der Waals surface area contributed by atoms with Gasteiger partial charge in [0.1, 0.15) is 19.7 Å². The molecule has 0 amide bonds. The monoisotopic (exact) mass is 375 g/mol. The van der Waals surface area contributed by atoms with Crippen LogP contribution in [0.15, 0.2) is 42.5 Å². The van der Waals surface area contributed by atoms with Crippen LogP contribution in [-0.4, -0.2) is 51.9 Å². The Morgan fingerprint density at radius 1 is 1.07 bits per heavy atom. The van der Waals surface area contributed by atoms with E-state index in [9.17, 15) is 9.59 Å². The van der Waals surface area contributed by atoms with Crippen molar-refractivity contribution < 1.29 is 23.6 Å². The second-order valence-electron chi connectivity index (χ2n) is 7.11. The van der Waals surface area contributed by atoms with Crippen molar-refractivity contribution >= 4 is 37.8 Å². The van der Waals surface area contributed by atoms with E-state index in [1.165, 1.54) is 0 Å². The Morgan fingerprint density at radius 2 is 1.75 bits per heavy atom. The zero-order chi connectivity index (χ0) is 19.7. The molecule has 1 heterocycles. The molecule has 140 valence electrons. The summed E-state index contributed by atoms with van der Waals surface area (Å²) >= 11 is 0. The van der Waals surface area contributed by atoms with Crippen LogP contribution in [-0.2, 0) is 25.3 Å². The van der Waals surface area contributed by atoms with Crippen molar-refractivity contribution in [1.29, 1.82) is 0 Å². The standard InChI is InChI=1S/C20H19B2NO5/c1-23-11-19(24)27-22(28-20(25)12-23)13-5-7-14(8-6-13)26-18-10-9-15-16(18)3-2-4-17(15)21/h2-8,18H,9-12H2,1H3/t18-/m1/s1. The number of benzene rings is 2. The Hall–Kier alpha value is -2.73. The first-order valence-electron chi connectivity index (χ1n) is 9.21. The van der Waals surface area contributed by atoms with Gasteiger partial charge in [0.25, 0.3) is 0 Å². The van der Waals surface area contributed by atoms with E-state index in [4.69, 9.17) is 21.9 Å². The first kappa shape index (κ1) is 18.6. The van der Waals surface area contributed by atoms with Crippen molar-refractivity contribution in [2.75, 3.05) is 20.1 Å². The molecule has 4 rings (SSSR count). The van der Waals surface area contributed by atoms with Crippen LogP contribution in [0.5, 0.6) is 5.75 Å². The van der Waals surface area contributed by atoms with Gasteiger partial charge in [-0.05, 0) is 43.1 Å². The molecule has 0 aromatic heterocycles. The van der Waals surface area contributed by atoms with Crippen LogP contribution in [0.1, 0.15) is 23.7 Å². The minimum Gasteiger partial charge on any atom is -0.494 e. The van der Waals surface area contributed by atoms with Gasteiger partial charge in [-0.2, -0.15) is 0 Å². The van der Waals surface area contributed by atoms with E-state index in [0.717, 1.165) is 29.4 Å². The van der Waals surface area contributed by atoms with E-state index in [-0.39, 0.29) is 19.2 Å². The molecule has 0 saturated carbocycles. The lowest BCUT2D eigenvalue weighted by Crippen LogP contribution is -2.47. The number of fused-ring (bicyclic) bond motifs is 1. The molecule has 1 aliphatic carbocycles. The Morgan fingerprint density at radius 3 is 2.43 bits per heavy atom. The van der Waals surface area contributed by atoms with Crippen molar-refractivity contribution in [3.05, 3.63) is 53.6 Å². The van der Waals surface area contributed by atoms with E-state index in [1.807, 2.05) is 18.2 Å². The van der Waals surface area contributed by atoms with Gasteiger partial charge in [-0.15, -0.1) is 0 Å². The van der Waals surface area contributed by atoms with Gasteiger partial charge in [-0.3, -0.25) is 14.5 Å². The molecule has 0 bridgehead atoms. The summed E-state index contributed by atoms with van der Waals surface area (Å²) in [4.78, 5) is 25.3. The zero-order valence-electron chi connectivity index (χ0n) is 15.6. The first-order valence-corrected chi connectivity index (χ1v) is 9.21. The molecule has 0 spiro atoms. The third-order valence-corrected chi connectivity index (χ3v) is 4.96. The summed E-state index contributed by atoms with van der Waals surface area (Å²) in [6, 6.07) is 12.9. The predicted molar refractivity (Wildman–Crippen MR) is 105 cm³/mol. The fourth-order valence-electron chi connectivity index (χ4n) is 3.60. The average molecular weight is 375 g/mol. The minimum absolute atomic E-state index is 0.0387. The molecule has 8 heteroatoms. The summed E-state index contributed by atoms with van der Waals surface area (Å²) < 4.78 is 16.7. The third kappa shape index (κ3) is 3.92. The van der Waals surface area contributed by atoms with Crippen LogP contribution < -0.4 is 15.7 Å². The molecule has 2 radical (unpaired) electrons. The molecule has 0 unspecified atom stereocenters. The third-order valence-electron chi connectivity index (χ3n) is 4.96. The molecule has 1 aliphatic heterocycles. The molecule has 6 nitrogen and oxygen atoms in total. The van der Waals surface area contributed by atoms with Gasteiger partial charge in [0, 0.05) is 5.46 Å². The zero-order valence-corrected chi connectivity index (χ0v) is 15.6. The summed E-state index contributed by atoms with van der Waals surface area (Å²) in [5, 5.41) is 0. The molecule has 1 saturated heterocycles. The van der Waals surface area contributed by atoms with Crippen LogP contribution in [0, 0.1) is 0 Å². The van der Waals surface area contributed by atoms with Crippen molar-refractivity contribution in [3.63, 3.8) is 0 Å². The molecule has 1 fully saturated rings. The highest BCUT2D eigenvalue weighted by molar-refractivity contribution is 6.64. The lowest BCUT2D eigenvalue weighted by molar-refractivity contribution is -0.145. The molecule has 2 aliphatic rings. The van der Waals surface area contributed by atoms with Gasteiger partial charge < -0.3 is 14.0 Å². The largest absolute Gasteiger partial charge is 0.636 e. The number of hydrogen-bond acceptors (Lipinski definition) is 6. The van der Waals surface area contributed by atoms with Crippen molar-refractivity contribution in [1.82, 2.24) is 4.90 Å². The number of hydrogen-bond donors (Lipinski definition) is 0. The van der Waals surface area contributed by atoms with Gasteiger partial charge in [0.05, 0.1) is 13.1 Å². The number of carbonyl (C=O) groups is 2. The molecule has 28 heavy (non-hydrogen) atoms. The van der Waals surface area contributed by atoms with Gasteiger partial charge in [-0.25, -0.2) is 0 Å². The maximum Gasteiger partial charge on any atom is 0.636 e. The fraction of sp³-hybridized carbons (Fsp3) is 0.300. The maximum atomic E-state index is 11.9. The van der Waals surface area contributed by atoms with Crippen molar-refractivity contribution in [2.45, 2.75) is 18.9 Å². The predicted octanol–water partition coefficient (Wildman–Crippen LogP) is 0.274. The summed E-state index contributed by atoms with van der Waals surface area (Å²) in [5.74, 6) is -0.201. The number of likely N-dealkylation sites (N-methyl/N-ethyl adjacent to an activating group) is 1. The van der Waals surface area contributed by atoms with Crippen LogP contribution in [0.25, 0.3) is 0 Å². The van der Waals surface area contributed by atoms with Crippen LogP contribution in [0.3, 0.4) is 0 Å². The molecule has 1 atom stereocenters. The highest BCUT2D eigenvalue weighted by atomic mass is 16.6. The summed E-state index contributed by atoms with van der Waals surface area (Å²) in [6.45, 7) is 0.0774. The Labute approximate surface area is 165 Å². The van der Waals surface area contributed by atoms with E-state index < -0.39 is 19.1 Å². The SMILES string of the molecule is [B]c1cccc2c1CC[C@H]2Oc1ccc(B2OC(=O)CN(C)CC(=O)O2)cc1. The van der Waals surface area contributed by atoms with Crippen molar-refractivity contribution in [2.24, 2.45) is 0 Å². The molecule has 2 aromatic carbocycles. The normalized spacial score (nSPS) is 20.0. The number of nitrogens with zero attached hydrogens (tertiary/aromatic N) is 1. The molecule has 2 aromatic rings. The number of rotatable bonds is 3. The second kappa shape index (κ2) is 7.72. The van der Waals surface area contributed by atoms with Gasteiger partial charge in [-0.1, -0.05) is 35.8 Å². The summed E-state index contributed by atoms with van der Waals surface area (Å²) in [5.41, 5.74) is 3.66. The molecular weight excluding hydrogens is 356 g/mol. The minimum atomic E-state index is -1.05. The van der Waals surface area contributed by atoms with E-state index in [2.05, 4.69) is 0 Å². The van der Waals surface area contributed by atoms with E-state index >= 15 is 0 Å². The smallest absolute Gasteiger partial charge is 0.494 e. The van der Waals surface area contributed by atoms with Gasteiger partial charge in [0.15, 0.2) is 0 Å². The summed E-state index contributed by atoms with van der Waals surface area (Å²) in [6.07, 6.45) is 1.72. The number of ether oxygens (including phenoxy) is 1. The van der Waals surface area contributed by atoms with Gasteiger partial charge in [0.2, 0.25) is 0 Å². The van der Waals surface area contributed by atoms with Crippen LogP contribution in [0.4, 0.5) is 0 Å². The Bertz CT molecular complexity index is 882. The van der Waals surface area contributed by atoms with Crippen molar-refractivity contribution in [3.8, 4) is 5.75 Å². The van der Waals surface area contributed by atoms with Crippen LogP contribution in [0.2, 0.25) is 0 Å². The maximum absolute atomic E-state index is 11.9. The topological polar surface area (TPSA) is 65.1 Å². The first-order chi connectivity index (χ1) is 13.5. The highest BCUT2D eigenvalue weighted by Crippen LogP contribution is 2.33. The highest BCUT2D eigenvalue weighted by Gasteiger charge is 2.33. The van der Waals surface area contributed by atoms with Gasteiger partial charge >= 0.3 is 19.1 Å². The molecular formula is C20H19B2NO5. The van der Waals surface area contributed by atoms with Crippen LogP contribution >= 0.6 is 0 Å². The lowest BCUT2D eigenvalue weighted by atomic mass is 9.78. The summed E-state index contributed by atoms with van der Waals surface area (Å²) in [7, 11) is 6.65. The second-order valence-corrected chi connectivity index (χ2v) is 7.11. The fourth-order valence-corrected chi connectivity index (χ4v) is 3.60. The van der Waals surface area contributed by atoms with E-state index in [0.29, 0.717) is 11.2 Å². The quantitative estimate of drug-likeness (QED) is 0.719.